The van der Waals surface area contributed by atoms with Crippen molar-refractivity contribution in [1.82, 2.24) is 0 Å². The van der Waals surface area contributed by atoms with Crippen LogP contribution in [0.2, 0.25) is 0 Å². The van der Waals surface area contributed by atoms with Gasteiger partial charge in [-0.25, -0.2) is 0 Å². The van der Waals surface area contributed by atoms with Gasteiger partial charge < -0.3 is 4.74 Å². The van der Waals surface area contributed by atoms with E-state index in [0.717, 1.165) is 11.1 Å². The lowest BCUT2D eigenvalue weighted by atomic mass is 10.1. The van der Waals surface area contributed by atoms with E-state index in [1.807, 2.05) is 32.0 Å². The molecule has 0 N–H and O–H groups in total. The van der Waals surface area contributed by atoms with Crippen LogP contribution in [0.15, 0.2) is 18.2 Å². The van der Waals surface area contributed by atoms with Gasteiger partial charge in [0.2, 0.25) is 5.78 Å². The van der Waals surface area contributed by atoms with Crippen LogP contribution in [-0.4, -0.2) is 18.6 Å². The molecule has 0 unspecified atom stereocenters. The Morgan fingerprint density at radius 3 is 2.42 bits per heavy atom. The Labute approximate surface area is 110 Å². The average molecular weight is 274 g/mol. The van der Waals surface area contributed by atoms with Crippen LogP contribution in [0.1, 0.15) is 30.4 Å². The summed E-state index contributed by atoms with van der Waals surface area (Å²) < 4.78 is 41.2. The molecule has 106 valence electrons. The lowest BCUT2D eigenvalue weighted by Crippen LogP contribution is -2.22. The predicted octanol–water partition coefficient (Wildman–Crippen LogP) is 3.98. The molecule has 2 nitrogen and oxygen atoms in total. The second-order valence-electron chi connectivity index (χ2n) is 4.47. The van der Waals surface area contributed by atoms with E-state index in [1.54, 1.807) is 0 Å². The molecule has 0 saturated heterocycles. The quantitative estimate of drug-likeness (QED) is 0.733. The second-order valence-corrected chi connectivity index (χ2v) is 4.47. The lowest BCUT2D eigenvalue weighted by Gasteiger charge is -2.08. The van der Waals surface area contributed by atoms with Crippen molar-refractivity contribution in [3.8, 4) is 5.75 Å². The number of hydrogen-bond acceptors (Lipinski definition) is 2. The van der Waals surface area contributed by atoms with Crippen LogP contribution < -0.4 is 4.74 Å². The first-order valence-electron chi connectivity index (χ1n) is 6.11. The molecule has 0 radical (unpaired) electrons. The van der Waals surface area contributed by atoms with E-state index in [-0.39, 0.29) is 6.42 Å². The van der Waals surface area contributed by atoms with Gasteiger partial charge in [0.05, 0.1) is 6.61 Å². The fraction of sp³-hybridized carbons (Fsp3) is 0.500. The number of rotatable bonds is 6. The van der Waals surface area contributed by atoms with Crippen LogP contribution in [0.25, 0.3) is 0 Å². The molecule has 0 atom stereocenters. The first-order valence-corrected chi connectivity index (χ1v) is 6.11. The smallest absolute Gasteiger partial charge is 0.449 e. The maximum atomic E-state index is 11.9. The lowest BCUT2D eigenvalue weighted by molar-refractivity contribution is -0.171. The van der Waals surface area contributed by atoms with Gasteiger partial charge in [0.1, 0.15) is 5.75 Å². The molecule has 0 fully saturated rings. The molecule has 0 aliphatic rings. The van der Waals surface area contributed by atoms with Crippen molar-refractivity contribution < 1.29 is 22.7 Å². The summed E-state index contributed by atoms with van der Waals surface area (Å²) in [7, 11) is 0. The number of carbonyl (C=O) groups is 1. The van der Waals surface area contributed by atoms with Crippen LogP contribution >= 0.6 is 0 Å². The Balaban J connectivity index is 2.24. The Morgan fingerprint density at radius 2 is 1.84 bits per heavy atom. The topological polar surface area (TPSA) is 26.3 Å². The van der Waals surface area contributed by atoms with Gasteiger partial charge in [-0.15, -0.1) is 0 Å². The van der Waals surface area contributed by atoms with Crippen molar-refractivity contribution in [1.29, 1.82) is 0 Å². The Hall–Kier alpha value is -1.52. The average Bonchev–Trinajstić information content (AvgIpc) is 2.31. The molecular weight excluding hydrogens is 257 g/mol. The van der Waals surface area contributed by atoms with Gasteiger partial charge in [0.15, 0.2) is 0 Å². The van der Waals surface area contributed by atoms with Crippen molar-refractivity contribution in [2.24, 2.45) is 0 Å². The van der Waals surface area contributed by atoms with Crippen molar-refractivity contribution in [3.63, 3.8) is 0 Å². The van der Waals surface area contributed by atoms with Gasteiger partial charge in [-0.2, -0.15) is 13.2 Å². The van der Waals surface area contributed by atoms with Crippen molar-refractivity contribution in [2.45, 2.75) is 39.3 Å². The molecule has 1 rings (SSSR count). The summed E-state index contributed by atoms with van der Waals surface area (Å²) in [5.41, 5.74) is 2.26. The molecule has 0 spiro atoms. The molecule has 0 amide bonds. The number of unbranched alkanes of at least 4 members (excludes halogenated alkanes) is 1. The van der Waals surface area contributed by atoms with Crippen molar-refractivity contribution >= 4 is 5.78 Å². The molecule has 0 aliphatic heterocycles. The van der Waals surface area contributed by atoms with Crippen LogP contribution in [0, 0.1) is 13.8 Å². The molecule has 19 heavy (non-hydrogen) atoms. The monoisotopic (exact) mass is 274 g/mol. The standard InChI is InChI=1S/C14H17F3O2/c1-10-6-7-12(9-11(10)2)19-8-4-3-5-13(18)14(15,16)17/h6-7,9H,3-5,8H2,1-2H3. The second kappa shape index (κ2) is 6.59. The fourth-order valence-corrected chi connectivity index (χ4v) is 1.52. The van der Waals surface area contributed by atoms with E-state index >= 15 is 0 Å². The van der Waals surface area contributed by atoms with Gasteiger partial charge in [0.25, 0.3) is 0 Å². The third kappa shape index (κ3) is 5.32. The van der Waals surface area contributed by atoms with Crippen LogP contribution in [-0.2, 0) is 4.79 Å². The number of ether oxygens (including phenoxy) is 1. The minimum Gasteiger partial charge on any atom is -0.494 e. The van der Waals surface area contributed by atoms with Gasteiger partial charge >= 0.3 is 6.18 Å². The highest BCUT2D eigenvalue weighted by Crippen LogP contribution is 2.20. The maximum absolute atomic E-state index is 11.9. The van der Waals surface area contributed by atoms with E-state index in [1.165, 1.54) is 0 Å². The summed E-state index contributed by atoms with van der Waals surface area (Å²) in [6, 6.07) is 5.64. The van der Waals surface area contributed by atoms with Crippen LogP contribution in [0.5, 0.6) is 5.75 Å². The van der Waals surface area contributed by atoms with Crippen molar-refractivity contribution in [2.75, 3.05) is 6.61 Å². The first-order chi connectivity index (χ1) is 8.80. The number of benzene rings is 1. The SMILES string of the molecule is Cc1ccc(OCCCCC(=O)C(F)(F)F)cc1C. The maximum Gasteiger partial charge on any atom is 0.449 e. The number of halogens is 3. The summed E-state index contributed by atoms with van der Waals surface area (Å²) in [5, 5.41) is 0. The summed E-state index contributed by atoms with van der Waals surface area (Å²) in [4.78, 5) is 10.6. The summed E-state index contributed by atoms with van der Waals surface area (Å²) >= 11 is 0. The molecule has 1 aromatic carbocycles. The largest absolute Gasteiger partial charge is 0.494 e. The zero-order valence-corrected chi connectivity index (χ0v) is 11.0. The molecular formula is C14H17F3O2. The molecule has 0 aromatic heterocycles. The highest BCUT2D eigenvalue weighted by atomic mass is 19.4. The zero-order valence-electron chi connectivity index (χ0n) is 11.0. The number of alkyl halides is 3. The highest BCUT2D eigenvalue weighted by molar-refractivity contribution is 5.83. The number of hydrogen-bond donors (Lipinski definition) is 0. The van der Waals surface area contributed by atoms with Gasteiger partial charge in [-0.05, 0) is 49.9 Å². The van der Waals surface area contributed by atoms with E-state index < -0.39 is 18.4 Å². The zero-order chi connectivity index (χ0) is 14.5. The van der Waals surface area contributed by atoms with Crippen molar-refractivity contribution in [3.05, 3.63) is 29.3 Å². The summed E-state index contributed by atoms with van der Waals surface area (Å²) in [6.45, 7) is 4.26. The predicted molar refractivity (Wildman–Crippen MR) is 66.3 cm³/mol. The summed E-state index contributed by atoms with van der Waals surface area (Å²) in [5.74, 6) is -0.969. The van der Waals surface area contributed by atoms with E-state index in [4.69, 9.17) is 4.74 Å². The summed E-state index contributed by atoms with van der Waals surface area (Å²) in [6.07, 6.45) is -4.58. The number of carbonyl (C=O) groups excluding carboxylic acids is 1. The van der Waals surface area contributed by atoms with E-state index in [9.17, 15) is 18.0 Å². The van der Waals surface area contributed by atoms with Crippen LogP contribution in [0.3, 0.4) is 0 Å². The molecule has 0 bridgehead atoms. The van der Waals surface area contributed by atoms with Gasteiger partial charge in [-0.3, -0.25) is 4.79 Å². The first kappa shape index (κ1) is 15.5. The Bertz CT molecular complexity index is 439. The Kier molecular flexibility index (Phi) is 5.39. The van der Waals surface area contributed by atoms with E-state index in [2.05, 4.69) is 0 Å². The molecule has 1 aromatic rings. The third-order valence-corrected chi connectivity index (χ3v) is 2.86. The molecule has 0 aliphatic carbocycles. The van der Waals surface area contributed by atoms with Gasteiger partial charge in [0, 0.05) is 6.42 Å². The molecule has 5 heteroatoms. The van der Waals surface area contributed by atoms with E-state index in [0.29, 0.717) is 18.8 Å². The minimum absolute atomic E-state index is 0.184. The minimum atomic E-state index is -4.71. The molecule has 0 heterocycles. The number of aryl methyl sites for hydroxylation is 2. The van der Waals surface area contributed by atoms with Crippen LogP contribution in [0.4, 0.5) is 13.2 Å². The highest BCUT2D eigenvalue weighted by Gasteiger charge is 2.36. The number of ketones is 1. The van der Waals surface area contributed by atoms with Gasteiger partial charge in [-0.1, -0.05) is 6.07 Å². The fourth-order valence-electron chi connectivity index (χ4n) is 1.52. The third-order valence-electron chi connectivity index (χ3n) is 2.86. The number of Topliss-reactive ketones (excluding diaryl/α,β-unsaturated/α-hetero) is 1. The normalized spacial score (nSPS) is 11.4. The molecule has 0 saturated carbocycles. The Morgan fingerprint density at radius 1 is 1.16 bits per heavy atom.